The topological polar surface area (TPSA) is 94.9 Å². The number of aromatic carboxylic acids is 1. The molecule has 0 saturated heterocycles. The van der Waals surface area contributed by atoms with Crippen LogP contribution in [0, 0.1) is 5.82 Å². The van der Waals surface area contributed by atoms with E-state index < -0.39 is 32.8 Å². The lowest BCUT2D eigenvalue weighted by molar-refractivity contribution is 0.0696. The number of carbonyl (C=O) groups is 1. The average molecular weight is 291 g/mol. The minimum atomic E-state index is -4.10. The maximum atomic E-state index is 13.7. The largest absolute Gasteiger partial charge is 0.478 e. The summed E-state index contributed by atoms with van der Waals surface area (Å²) in [7, 11) is -2.90. The van der Waals surface area contributed by atoms with Gasteiger partial charge in [-0.1, -0.05) is 0 Å². The Morgan fingerprint density at radius 3 is 2.47 bits per heavy atom. The van der Waals surface area contributed by atoms with Crippen LogP contribution in [0.3, 0.4) is 0 Å². The van der Waals surface area contributed by atoms with E-state index in [0.717, 1.165) is 16.4 Å². The van der Waals surface area contributed by atoms with Crippen molar-refractivity contribution in [1.82, 2.24) is 4.31 Å². The summed E-state index contributed by atoms with van der Waals surface area (Å²) in [5.41, 5.74) is -0.338. The zero-order valence-electron chi connectivity index (χ0n) is 10.4. The van der Waals surface area contributed by atoms with E-state index in [-0.39, 0.29) is 12.1 Å². The lowest BCUT2D eigenvalue weighted by Gasteiger charge is -2.19. The van der Waals surface area contributed by atoms with Gasteiger partial charge in [-0.05, 0) is 25.1 Å². The standard InChI is InChI=1S/C11H14FNO5S/c1-7(14)6-13(2)19(17,18)10-4-3-8(11(15)16)5-9(10)12/h3-5,7,14H,6H2,1-2H3,(H,15,16). The Kier molecular flexibility index (Phi) is 4.61. The van der Waals surface area contributed by atoms with Gasteiger partial charge in [0.1, 0.15) is 10.7 Å². The third-order valence-corrected chi connectivity index (χ3v) is 4.24. The van der Waals surface area contributed by atoms with E-state index in [4.69, 9.17) is 10.2 Å². The van der Waals surface area contributed by atoms with Crippen molar-refractivity contribution in [2.75, 3.05) is 13.6 Å². The third kappa shape index (κ3) is 3.49. The highest BCUT2D eigenvalue weighted by Crippen LogP contribution is 2.19. The van der Waals surface area contributed by atoms with Crippen LogP contribution < -0.4 is 0 Å². The number of sulfonamides is 1. The Morgan fingerprint density at radius 2 is 2.05 bits per heavy atom. The van der Waals surface area contributed by atoms with Crippen LogP contribution >= 0.6 is 0 Å². The summed E-state index contributed by atoms with van der Waals surface area (Å²) in [5, 5.41) is 17.8. The molecule has 0 bridgehead atoms. The van der Waals surface area contributed by atoms with Gasteiger partial charge < -0.3 is 10.2 Å². The summed E-state index contributed by atoms with van der Waals surface area (Å²) in [4.78, 5) is 10.0. The Bertz CT molecular complexity index is 585. The Labute approximate surface area is 110 Å². The second-order valence-electron chi connectivity index (χ2n) is 4.08. The fraction of sp³-hybridized carbons (Fsp3) is 0.364. The molecule has 0 aliphatic rings. The number of aliphatic hydroxyl groups is 1. The van der Waals surface area contributed by atoms with Crippen LogP contribution in [0.15, 0.2) is 23.1 Å². The number of aliphatic hydroxyl groups excluding tert-OH is 1. The van der Waals surface area contributed by atoms with E-state index in [2.05, 4.69) is 0 Å². The third-order valence-electron chi connectivity index (χ3n) is 2.39. The number of likely N-dealkylation sites (N-methyl/N-ethyl adjacent to an activating group) is 1. The Morgan fingerprint density at radius 1 is 1.47 bits per heavy atom. The van der Waals surface area contributed by atoms with Crippen LogP contribution in [-0.4, -0.2) is 48.6 Å². The molecule has 0 fully saturated rings. The summed E-state index contributed by atoms with van der Waals surface area (Å²) < 4.78 is 38.5. The molecule has 0 radical (unpaired) electrons. The number of hydrogen-bond donors (Lipinski definition) is 2. The van der Waals surface area contributed by atoms with Crippen LogP contribution in [0.2, 0.25) is 0 Å². The summed E-state index contributed by atoms with van der Waals surface area (Å²) in [5.74, 6) is -2.49. The van der Waals surface area contributed by atoms with Crippen molar-refractivity contribution in [3.05, 3.63) is 29.6 Å². The van der Waals surface area contributed by atoms with Crippen molar-refractivity contribution in [3.8, 4) is 0 Å². The van der Waals surface area contributed by atoms with Crippen LogP contribution in [0.4, 0.5) is 4.39 Å². The van der Waals surface area contributed by atoms with Crippen LogP contribution in [0.25, 0.3) is 0 Å². The molecule has 19 heavy (non-hydrogen) atoms. The maximum Gasteiger partial charge on any atom is 0.335 e. The highest BCUT2D eigenvalue weighted by molar-refractivity contribution is 7.89. The molecule has 106 valence electrons. The molecule has 0 saturated carbocycles. The first-order chi connectivity index (χ1) is 8.66. The number of halogens is 1. The first kappa shape index (κ1) is 15.5. The predicted molar refractivity (Wildman–Crippen MR) is 64.9 cm³/mol. The van der Waals surface area contributed by atoms with Gasteiger partial charge in [-0.2, -0.15) is 4.31 Å². The van der Waals surface area contributed by atoms with Gasteiger partial charge in [0.25, 0.3) is 0 Å². The van der Waals surface area contributed by atoms with Gasteiger partial charge in [0.05, 0.1) is 11.7 Å². The number of benzene rings is 1. The zero-order chi connectivity index (χ0) is 14.8. The molecule has 1 aromatic rings. The van der Waals surface area contributed by atoms with Crippen molar-refractivity contribution in [2.45, 2.75) is 17.9 Å². The van der Waals surface area contributed by atoms with E-state index in [9.17, 15) is 17.6 Å². The summed E-state index contributed by atoms with van der Waals surface area (Å²) in [6.07, 6.45) is -0.902. The van der Waals surface area contributed by atoms with Gasteiger partial charge >= 0.3 is 5.97 Å². The first-order valence-corrected chi connectivity index (χ1v) is 6.77. The van der Waals surface area contributed by atoms with E-state index in [0.29, 0.717) is 6.07 Å². The Balaban J connectivity index is 3.19. The van der Waals surface area contributed by atoms with Crippen molar-refractivity contribution < 1.29 is 27.8 Å². The van der Waals surface area contributed by atoms with Crippen LogP contribution in [0.1, 0.15) is 17.3 Å². The van der Waals surface area contributed by atoms with Gasteiger partial charge in [-0.15, -0.1) is 0 Å². The highest BCUT2D eigenvalue weighted by atomic mass is 32.2. The molecule has 0 aliphatic carbocycles. The number of carboxylic acids is 1. The van der Waals surface area contributed by atoms with Crippen molar-refractivity contribution in [2.24, 2.45) is 0 Å². The van der Waals surface area contributed by atoms with Gasteiger partial charge in [0.15, 0.2) is 0 Å². The van der Waals surface area contributed by atoms with Gasteiger partial charge in [0, 0.05) is 13.6 Å². The van der Waals surface area contributed by atoms with Crippen LogP contribution in [0.5, 0.6) is 0 Å². The lowest BCUT2D eigenvalue weighted by atomic mass is 10.2. The smallest absolute Gasteiger partial charge is 0.335 e. The molecule has 0 amide bonds. The molecule has 2 N–H and O–H groups in total. The quantitative estimate of drug-likeness (QED) is 0.825. The molecule has 0 aromatic heterocycles. The lowest BCUT2D eigenvalue weighted by Crippen LogP contribution is -2.33. The minimum Gasteiger partial charge on any atom is -0.478 e. The fourth-order valence-corrected chi connectivity index (χ4v) is 2.77. The molecule has 8 heteroatoms. The normalized spacial score (nSPS) is 13.5. The van der Waals surface area contributed by atoms with E-state index in [1.54, 1.807) is 0 Å². The monoisotopic (exact) mass is 291 g/mol. The van der Waals surface area contributed by atoms with Gasteiger partial charge in [-0.25, -0.2) is 17.6 Å². The minimum absolute atomic E-state index is 0.192. The van der Waals surface area contributed by atoms with Gasteiger partial charge in [-0.3, -0.25) is 0 Å². The maximum absolute atomic E-state index is 13.7. The number of nitrogens with zero attached hydrogens (tertiary/aromatic N) is 1. The molecule has 1 unspecified atom stereocenters. The van der Waals surface area contributed by atoms with Crippen molar-refractivity contribution in [3.63, 3.8) is 0 Å². The predicted octanol–water partition coefficient (Wildman–Crippen LogP) is 0.525. The van der Waals surface area contributed by atoms with Crippen molar-refractivity contribution in [1.29, 1.82) is 0 Å². The molecule has 6 nitrogen and oxygen atoms in total. The first-order valence-electron chi connectivity index (χ1n) is 5.33. The van der Waals surface area contributed by atoms with Gasteiger partial charge in [0.2, 0.25) is 10.0 Å². The SMILES string of the molecule is CC(O)CN(C)S(=O)(=O)c1ccc(C(=O)O)cc1F. The Hall–Kier alpha value is -1.51. The number of hydrogen-bond acceptors (Lipinski definition) is 4. The summed E-state index contributed by atoms with van der Waals surface area (Å²) in [6, 6.07) is 2.55. The summed E-state index contributed by atoms with van der Waals surface area (Å²) >= 11 is 0. The van der Waals surface area contributed by atoms with Crippen LogP contribution in [-0.2, 0) is 10.0 Å². The second kappa shape index (κ2) is 5.64. The molecular formula is C11H14FNO5S. The van der Waals surface area contributed by atoms with Crippen molar-refractivity contribution >= 4 is 16.0 Å². The molecule has 0 aliphatic heterocycles. The average Bonchev–Trinajstić information content (AvgIpc) is 2.27. The van der Waals surface area contributed by atoms with E-state index >= 15 is 0 Å². The highest BCUT2D eigenvalue weighted by Gasteiger charge is 2.25. The molecule has 0 heterocycles. The zero-order valence-corrected chi connectivity index (χ0v) is 11.2. The number of carboxylic acid groups (broad SMARTS) is 1. The molecule has 1 rings (SSSR count). The number of rotatable bonds is 5. The fourth-order valence-electron chi connectivity index (χ4n) is 1.48. The molecule has 1 aromatic carbocycles. The molecular weight excluding hydrogens is 277 g/mol. The molecule has 0 spiro atoms. The molecule has 1 atom stereocenters. The van der Waals surface area contributed by atoms with E-state index in [1.807, 2.05) is 0 Å². The van der Waals surface area contributed by atoms with E-state index in [1.165, 1.54) is 14.0 Å². The summed E-state index contributed by atoms with van der Waals surface area (Å²) in [6.45, 7) is 1.21. The second-order valence-corrected chi connectivity index (χ2v) is 6.10.